The lowest BCUT2D eigenvalue weighted by molar-refractivity contribution is -0.143. The highest BCUT2D eigenvalue weighted by molar-refractivity contribution is 5.80. The molecule has 1 aromatic carbocycles. The average molecular weight is 400 g/mol. The van der Waals surface area contributed by atoms with Crippen LogP contribution in [0.25, 0.3) is 11.0 Å². The van der Waals surface area contributed by atoms with Crippen molar-refractivity contribution in [1.29, 1.82) is 0 Å². The Labute approximate surface area is 172 Å². The summed E-state index contributed by atoms with van der Waals surface area (Å²) in [7, 11) is 1.77. The van der Waals surface area contributed by atoms with Gasteiger partial charge in [-0.1, -0.05) is 0 Å². The van der Waals surface area contributed by atoms with Crippen LogP contribution in [0.5, 0.6) is 5.75 Å². The highest BCUT2D eigenvalue weighted by Crippen LogP contribution is 2.34. The van der Waals surface area contributed by atoms with Gasteiger partial charge in [0, 0.05) is 37.7 Å². The number of fused-ring (bicyclic) bond motifs is 1. The van der Waals surface area contributed by atoms with E-state index in [-0.39, 0.29) is 17.4 Å². The first-order valence-electron chi connectivity index (χ1n) is 11.1. The molecule has 2 fully saturated rings. The fraction of sp³-hybridized carbons (Fsp3) is 0.652. The molecule has 0 radical (unpaired) electrons. The summed E-state index contributed by atoms with van der Waals surface area (Å²) in [5.74, 6) is 1.04. The quantitative estimate of drug-likeness (QED) is 0.857. The zero-order chi connectivity index (χ0) is 20.7. The van der Waals surface area contributed by atoms with Crippen LogP contribution in [-0.4, -0.2) is 37.1 Å². The molecule has 1 saturated carbocycles. The van der Waals surface area contributed by atoms with E-state index in [1.54, 1.807) is 34.4 Å². The number of likely N-dealkylation sites (tertiary alicyclic amines) is 1. The van der Waals surface area contributed by atoms with Crippen LogP contribution in [0.3, 0.4) is 0 Å². The first-order chi connectivity index (χ1) is 13.9. The van der Waals surface area contributed by atoms with Crippen LogP contribution in [-0.2, 0) is 18.4 Å². The van der Waals surface area contributed by atoms with E-state index in [2.05, 4.69) is 18.7 Å². The third kappa shape index (κ3) is 3.69. The minimum atomic E-state index is -0.0419. The Bertz CT molecular complexity index is 942. The molecule has 1 aliphatic carbocycles. The van der Waals surface area contributed by atoms with Crippen LogP contribution in [0, 0.1) is 11.8 Å². The van der Waals surface area contributed by atoms with Gasteiger partial charge in [-0.05, 0) is 76.8 Å². The monoisotopic (exact) mass is 399 g/mol. The zero-order valence-corrected chi connectivity index (χ0v) is 17.8. The van der Waals surface area contributed by atoms with Crippen molar-refractivity contribution in [1.82, 2.24) is 14.0 Å². The van der Waals surface area contributed by atoms with E-state index in [9.17, 15) is 14.7 Å². The molecule has 1 N–H and O–H groups in total. The largest absolute Gasteiger partial charge is 0.508 e. The highest BCUT2D eigenvalue weighted by atomic mass is 16.3. The molecule has 2 heterocycles. The molecule has 2 aromatic rings. The number of aromatic nitrogens is 2. The molecular formula is C23H33N3O3. The number of carbonyl (C=O) groups excluding carboxylic acids is 1. The number of benzene rings is 1. The van der Waals surface area contributed by atoms with E-state index < -0.39 is 0 Å². The SMILES string of the molecule is C[C@@H]1CCC[C@H](C)N1C(=O)C1CCC(Cn2c(=O)n(C)c3ccc(O)cc32)CC1. The lowest BCUT2D eigenvalue weighted by atomic mass is 9.80. The molecule has 2 aliphatic rings. The Morgan fingerprint density at radius 1 is 1.03 bits per heavy atom. The van der Waals surface area contributed by atoms with E-state index in [0.717, 1.165) is 49.6 Å². The maximum atomic E-state index is 13.1. The van der Waals surface area contributed by atoms with Crippen LogP contribution in [0.2, 0.25) is 0 Å². The topological polar surface area (TPSA) is 67.5 Å². The fourth-order valence-electron chi connectivity index (χ4n) is 5.49. The summed E-state index contributed by atoms with van der Waals surface area (Å²) in [6.45, 7) is 5.01. The highest BCUT2D eigenvalue weighted by Gasteiger charge is 2.35. The molecular weight excluding hydrogens is 366 g/mol. The van der Waals surface area contributed by atoms with Crippen molar-refractivity contribution >= 4 is 16.9 Å². The van der Waals surface area contributed by atoms with Crippen molar-refractivity contribution in [2.75, 3.05) is 0 Å². The molecule has 6 heteroatoms. The van der Waals surface area contributed by atoms with Crippen molar-refractivity contribution in [3.63, 3.8) is 0 Å². The Hall–Kier alpha value is -2.24. The molecule has 0 unspecified atom stereocenters. The number of amides is 1. The summed E-state index contributed by atoms with van der Waals surface area (Å²) >= 11 is 0. The molecule has 6 nitrogen and oxygen atoms in total. The van der Waals surface area contributed by atoms with E-state index in [4.69, 9.17) is 0 Å². The Balaban J connectivity index is 1.44. The summed E-state index contributed by atoms with van der Waals surface area (Å²) in [6.07, 6.45) is 7.19. The number of carbonyl (C=O) groups is 1. The number of phenols is 1. The van der Waals surface area contributed by atoms with Gasteiger partial charge < -0.3 is 10.0 Å². The number of nitrogens with zero attached hydrogens (tertiary/aromatic N) is 3. The molecule has 158 valence electrons. The first kappa shape index (κ1) is 20.0. The first-order valence-corrected chi connectivity index (χ1v) is 11.1. The number of rotatable bonds is 3. The maximum absolute atomic E-state index is 13.1. The van der Waals surface area contributed by atoms with E-state index in [1.807, 2.05) is 0 Å². The molecule has 4 rings (SSSR count). The van der Waals surface area contributed by atoms with Gasteiger partial charge in [-0.25, -0.2) is 4.79 Å². The second kappa shape index (κ2) is 7.88. The van der Waals surface area contributed by atoms with Gasteiger partial charge in [0.1, 0.15) is 5.75 Å². The third-order valence-electron chi connectivity index (χ3n) is 7.21. The van der Waals surface area contributed by atoms with Crippen molar-refractivity contribution in [2.24, 2.45) is 18.9 Å². The van der Waals surface area contributed by atoms with Crippen LogP contribution in [0.4, 0.5) is 0 Å². The summed E-state index contributed by atoms with van der Waals surface area (Å²) in [6, 6.07) is 5.78. The third-order valence-corrected chi connectivity index (χ3v) is 7.21. The number of hydrogen-bond acceptors (Lipinski definition) is 3. The van der Waals surface area contributed by atoms with Crippen LogP contribution in [0.15, 0.2) is 23.0 Å². The molecule has 0 bridgehead atoms. The molecule has 1 aliphatic heterocycles. The smallest absolute Gasteiger partial charge is 0.328 e. The van der Waals surface area contributed by atoms with Crippen LogP contribution < -0.4 is 5.69 Å². The molecule has 1 aromatic heterocycles. The maximum Gasteiger partial charge on any atom is 0.328 e. The predicted molar refractivity (Wildman–Crippen MR) is 114 cm³/mol. The lowest BCUT2D eigenvalue weighted by Crippen LogP contribution is -2.50. The number of aryl methyl sites for hydroxylation is 1. The lowest BCUT2D eigenvalue weighted by Gasteiger charge is -2.42. The van der Waals surface area contributed by atoms with Gasteiger partial charge in [-0.3, -0.25) is 13.9 Å². The summed E-state index contributed by atoms with van der Waals surface area (Å²) < 4.78 is 3.43. The number of aromatic hydroxyl groups is 1. The van der Waals surface area contributed by atoms with Gasteiger partial charge in [-0.15, -0.1) is 0 Å². The predicted octanol–water partition coefficient (Wildman–Crippen LogP) is 3.64. The number of hydrogen-bond donors (Lipinski definition) is 1. The second-order valence-corrected chi connectivity index (χ2v) is 9.22. The summed E-state index contributed by atoms with van der Waals surface area (Å²) in [4.78, 5) is 28.0. The van der Waals surface area contributed by atoms with Crippen molar-refractivity contribution in [3.05, 3.63) is 28.7 Å². The van der Waals surface area contributed by atoms with Crippen molar-refractivity contribution in [3.8, 4) is 5.75 Å². The number of piperidine rings is 1. The Morgan fingerprint density at radius 2 is 1.69 bits per heavy atom. The Kier molecular flexibility index (Phi) is 5.45. The van der Waals surface area contributed by atoms with Crippen LogP contribution in [0.1, 0.15) is 58.8 Å². The number of imidazole rings is 1. The van der Waals surface area contributed by atoms with Gasteiger partial charge in [0.25, 0.3) is 0 Å². The molecule has 29 heavy (non-hydrogen) atoms. The molecule has 2 atom stereocenters. The van der Waals surface area contributed by atoms with Crippen LogP contribution >= 0.6 is 0 Å². The normalized spacial score (nSPS) is 28.0. The van der Waals surface area contributed by atoms with Gasteiger partial charge in [-0.2, -0.15) is 0 Å². The minimum absolute atomic E-state index is 0.0419. The van der Waals surface area contributed by atoms with Gasteiger partial charge in [0.2, 0.25) is 5.91 Å². The minimum Gasteiger partial charge on any atom is -0.508 e. The second-order valence-electron chi connectivity index (χ2n) is 9.22. The van der Waals surface area contributed by atoms with Gasteiger partial charge >= 0.3 is 5.69 Å². The van der Waals surface area contributed by atoms with Gasteiger partial charge in [0.05, 0.1) is 11.0 Å². The Morgan fingerprint density at radius 3 is 2.34 bits per heavy atom. The van der Waals surface area contributed by atoms with E-state index in [1.165, 1.54) is 6.42 Å². The zero-order valence-electron chi connectivity index (χ0n) is 17.8. The van der Waals surface area contributed by atoms with Crippen molar-refractivity contribution in [2.45, 2.75) is 77.4 Å². The summed E-state index contributed by atoms with van der Waals surface area (Å²) in [5, 5.41) is 9.86. The standard InChI is InChI=1S/C23H33N3O3/c1-15-5-4-6-16(2)26(15)22(28)18-9-7-17(8-10-18)14-25-21-13-19(27)11-12-20(21)24(3)23(25)29/h11-13,15-18,27H,4-10,14H2,1-3H3/t15-,16+,17?,18?. The molecule has 1 saturated heterocycles. The average Bonchev–Trinajstić information content (AvgIpc) is 2.92. The van der Waals surface area contributed by atoms with E-state index >= 15 is 0 Å². The summed E-state index contributed by atoms with van der Waals surface area (Å²) in [5.41, 5.74) is 1.58. The molecule has 0 spiro atoms. The molecule has 1 amide bonds. The van der Waals surface area contributed by atoms with E-state index in [0.29, 0.717) is 30.5 Å². The van der Waals surface area contributed by atoms with Gasteiger partial charge in [0.15, 0.2) is 0 Å². The number of phenolic OH excluding ortho intramolecular Hbond substituents is 1. The fourth-order valence-corrected chi connectivity index (χ4v) is 5.49. The van der Waals surface area contributed by atoms with Crippen molar-refractivity contribution < 1.29 is 9.90 Å².